The molecule has 0 saturated heterocycles. The smallest absolute Gasteiger partial charge is 0.257 e. The summed E-state index contributed by atoms with van der Waals surface area (Å²) >= 11 is 6.05. The molecule has 0 atom stereocenters. The van der Waals surface area contributed by atoms with Crippen LogP contribution in [0.4, 0.5) is 11.4 Å². The van der Waals surface area contributed by atoms with Crippen LogP contribution in [-0.4, -0.2) is 17.4 Å². The molecule has 0 fully saturated rings. The van der Waals surface area contributed by atoms with E-state index in [4.69, 9.17) is 11.6 Å². The molecule has 0 aliphatic carbocycles. The third kappa shape index (κ3) is 3.08. The Kier molecular flexibility index (Phi) is 4.58. The molecule has 20 heavy (non-hydrogen) atoms. The van der Waals surface area contributed by atoms with E-state index in [0.717, 1.165) is 12.1 Å². The average molecular weight is 290 g/mol. The zero-order chi connectivity index (χ0) is 14.5. The van der Waals surface area contributed by atoms with Crippen molar-refractivity contribution < 1.29 is 4.79 Å². The van der Waals surface area contributed by atoms with Gasteiger partial charge < -0.3 is 10.6 Å². The Balaban J connectivity index is 2.26. The van der Waals surface area contributed by atoms with Gasteiger partial charge in [-0.2, -0.15) is 0 Å². The second-order valence-electron chi connectivity index (χ2n) is 4.32. The molecule has 1 aromatic carbocycles. The number of benzene rings is 1. The van der Waals surface area contributed by atoms with Crippen molar-refractivity contribution in [1.29, 1.82) is 0 Å². The van der Waals surface area contributed by atoms with E-state index in [-0.39, 0.29) is 5.91 Å². The topological polar surface area (TPSA) is 54.0 Å². The van der Waals surface area contributed by atoms with Crippen LogP contribution < -0.4 is 10.6 Å². The quantitative estimate of drug-likeness (QED) is 0.902. The molecule has 0 spiro atoms. The summed E-state index contributed by atoms with van der Waals surface area (Å²) in [7, 11) is 0. The van der Waals surface area contributed by atoms with Crippen LogP contribution in [0.2, 0.25) is 5.02 Å². The molecule has 4 nitrogen and oxygen atoms in total. The highest BCUT2D eigenvalue weighted by molar-refractivity contribution is 6.31. The van der Waals surface area contributed by atoms with Gasteiger partial charge in [-0.15, -0.1) is 0 Å². The maximum absolute atomic E-state index is 12.4. The molecular weight excluding hydrogens is 274 g/mol. The largest absolute Gasteiger partial charge is 0.383 e. The maximum atomic E-state index is 12.4. The van der Waals surface area contributed by atoms with Crippen LogP contribution in [0.1, 0.15) is 22.8 Å². The van der Waals surface area contributed by atoms with Gasteiger partial charge in [0, 0.05) is 23.5 Å². The number of amides is 1. The second-order valence-corrected chi connectivity index (χ2v) is 4.73. The standard InChI is InChI=1S/C15H16ClN3O/c1-3-18-14-9-17-8-7-11(14)15(20)19-13-6-4-5-12(16)10(13)2/h4-9,18H,3H2,1-2H3,(H,19,20). The number of pyridine rings is 1. The summed E-state index contributed by atoms with van der Waals surface area (Å²) in [5.74, 6) is -0.186. The van der Waals surface area contributed by atoms with Gasteiger partial charge in [0.1, 0.15) is 0 Å². The Labute approximate surface area is 123 Å². The summed E-state index contributed by atoms with van der Waals surface area (Å²) in [6, 6.07) is 7.12. The van der Waals surface area contributed by atoms with Gasteiger partial charge in [-0.05, 0) is 37.6 Å². The number of halogens is 1. The Morgan fingerprint density at radius 1 is 1.30 bits per heavy atom. The zero-order valence-electron chi connectivity index (χ0n) is 11.4. The van der Waals surface area contributed by atoms with Crippen molar-refractivity contribution in [3.8, 4) is 0 Å². The average Bonchev–Trinajstić information content (AvgIpc) is 2.45. The van der Waals surface area contributed by atoms with Crippen LogP contribution in [-0.2, 0) is 0 Å². The van der Waals surface area contributed by atoms with Crippen molar-refractivity contribution in [2.75, 3.05) is 17.2 Å². The second kappa shape index (κ2) is 6.39. The van der Waals surface area contributed by atoms with Gasteiger partial charge in [-0.3, -0.25) is 9.78 Å². The van der Waals surface area contributed by atoms with Crippen molar-refractivity contribution in [2.24, 2.45) is 0 Å². The van der Waals surface area contributed by atoms with Gasteiger partial charge in [0.05, 0.1) is 17.4 Å². The molecule has 104 valence electrons. The lowest BCUT2D eigenvalue weighted by Crippen LogP contribution is -2.15. The summed E-state index contributed by atoms with van der Waals surface area (Å²) < 4.78 is 0. The van der Waals surface area contributed by atoms with Crippen molar-refractivity contribution in [2.45, 2.75) is 13.8 Å². The van der Waals surface area contributed by atoms with Crippen LogP contribution in [0.3, 0.4) is 0 Å². The molecule has 1 amide bonds. The van der Waals surface area contributed by atoms with E-state index in [0.29, 0.717) is 22.0 Å². The van der Waals surface area contributed by atoms with E-state index < -0.39 is 0 Å². The van der Waals surface area contributed by atoms with Crippen molar-refractivity contribution in [3.05, 3.63) is 52.8 Å². The predicted octanol–water partition coefficient (Wildman–Crippen LogP) is 3.73. The van der Waals surface area contributed by atoms with Gasteiger partial charge >= 0.3 is 0 Å². The molecule has 1 heterocycles. The first-order valence-corrected chi connectivity index (χ1v) is 6.75. The lowest BCUT2D eigenvalue weighted by molar-refractivity contribution is 0.102. The Morgan fingerprint density at radius 3 is 2.85 bits per heavy atom. The van der Waals surface area contributed by atoms with Crippen LogP contribution in [0.15, 0.2) is 36.7 Å². The van der Waals surface area contributed by atoms with Crippen LogP contribution >= 0.6 is 11.6 Å². The molecule has 0 unspecified atom stereocenters. The minimum atomic E-state index is -0.186. The van der Waals surface area contributed by atoms with E-state index in [9.17, 15) is 4.79 Å². The minimum absolute atomic E-state index is 0.186. The highest BCUT2D eigenvalue weighted by Gasteiger charge is 2.12. The minimum Gasteiger partial charge on any atom is -0.383 e. The maximum Gasteiger partial charge on any atom is 0.257 e. The van der Waals surface area contributed by atoms with Gasteiger partial charge in [0.25, 0.3) is 5.91 Å². The van der Waals surface area contributed by atoms with E-state index in [1.54, 1.807) is 24.5 Å². The molecule has 0 radical (unpaired) electrons. The fourth-order valence-electron chi connectivity index (χ4n) is 1.86. The van der Waals surface area contributed by atoms with Crippen molar-refractivity contribution in [1.82, 2.24) is 4.98 Å². The third-order valence-corrected chi connectivity index (χ3v) is 3.36. The summed E-state index contributed by atoms with van der Waals surface area (Å²) in [5, 5.41) is 6.62. The summed E-state index contributed by atoms with van der Waals surface area (Å²) in [6.07, 6.45) is 3.24. The predicted molar refractivity (Wildman–Crippen MR) is 82.5 cm³/mol. The van der Waals surface area contributed by atoms with Gasteiger partial charge in [-0.1, -0.05) is 17.7 Å². The molecule has 0 saturated carbocycles. The molecule has 0 aliphatic heterocycles. The molecule has 0 bridgehead atoms. The number of hydrogen-bond acceptors (Lipinski definition) is 3. The Morgan fingerprint density at radius 2 is 2.10 bits per heavy atom. The molecule has 2 rings (SSSR count). The number of nitrogens with zero attached hydrogens (tertiary/aromatic N) is 1. The fourth-order valence-corrected chi connectivity index (χ4v) is 2.03. The summed E-state index contributed by atoms with van der Waals surface area (Å²) in [4.78, 5) is 16.4. The van der Waals surface area contributed by atoms with Gasteiger partial charge in [-0.25, -0.2) is 0 Å². The molecule has 2 N–H and O–H groups in total. The van der Waals surface area contributed by atoms with E-state index in [2.05, 4.69) is 15.6 Å². The number of hydrogen-bond donors (Lipinski definition) is 2. The molecule has 0 aliphatic rings. The first-order chi connectivity index (χ1) is 9.63. The van der Waals surface area contributed by atoms with E-state index in [1.807, 2.05) is 26.0 Å². The highest BCUT2D eigenvalue weighted by Crippen LogP contribution is 2.24. The lowest BCUT2D eigenvalue weighted by atomic mass is 10.1. The first-order valence-electron chi connectivity index (χ1n) is 6.37. The van der Waals surface area contributed by atoms with Crippen LogP contribution in [0, 0.1) is 6.92 Å². The molecule has 1 aromatic heterocycles. The van der Waals surface area contributed by atoms with E-state index >= 15 is 0 Å². The van der Waals surface area contributed by atoms with Gasteiger partial charge in [0.15, 0.2) is 0 Å². The normalized spacial score (nSPS) is 10.2. The Bertz CT molecular complexity index is 628. The summed E-state index contributed by atoms with van der Waals surface area (Å²) in [6.45, 7) is 4.56. The fraction of sp³-hybridized carbons (Fsp3) is 0.200. The molecular formula is C15H16ClN3O. The zero-order valence-corrected chi connectivity index (χ0v) is 12.2. The molecule has 2 aromatic rings. The number of rotatable bonds is 4. The Hall–Kier alpha value is -2.07. The number of aromatic nitrogens is 1. The monoisotopic (exact) mass is 289 g/mol. The van der Waals surface area contributed by atoms with Gasteiger partial charge in [0.2, 0.25) is 0 Å². The van der Waals surface area contributed by atoms with Crippen molar-refractivity contribution >= 4 is 28.9 Å². The van der Waals surface area contributed by atoms with Crippen molar-refractivity contribution in [3.63, 3.8) is 0 Å². The first kappa shape index (κ1) is 14.3. The van der Waals surface area contributed by atoms with Crippen LogP contribution in [0.5, 0.6) is 0 Å². The van der Waals surface area contributed by atoms with Crippen LogP contribution in [0.25, 0.3) is 0 Å². The number of carbonyl (C=O) groups excluding carboxylic acids is 1. The third-order valence-electron chi connectivity index (χ3n) is 2.95. The number of nitrogens with one attached hydrogen (secondary N) is 2. The number of anilines is 2. The summed E-state index contributed by atoms with van der Waals surface area (Å²) in [5.41, 5.74) is 2.83. The van der Waals surface area contributed by atoms with E-state index in [1.165, 1.54) is 0 Å². The SMILES string of the molecule is CCNc1cnccc1C(=O)Nc1cccc(Cl)c1C. The highest BCUT2D eigenvalue weighted by atomic mass is 35.5. The molecule has 5 heteroatoms. The number of carbonyl (C=O) groups is 1. The lowest BCUT2D eigenvalue weighted by Gasteiger charge is -2.12.